The average molecular weight is 434 g/mol. The number of carbonyl (C=O) groups is 1. The van der Waals surface area contributed by atoms with E-state index in [9.17, 15) is 4.79 Å². The highest BCUT2D eigenvalue weighted by Crippen LogP contribution is 2.36. The first-order valence-corrected chi connectivity index (χ1v) is 11.8. The smallest absolute Gasteiger partial charge is 0.268 e. The van der Waals surface area contributed by atoms with E-state index in [4.69, 9.17) is 9.52 Å². The maximum absolute atomic E-state index is 13.5. The topological polar surface area (TPSA) is 77.1 Å². The van der Waals surface area contributed by atoms with Gasteiger partial charge in [-0.15, -0.1) is 10.2 Å². The first-order valence-electron chi connectivity index (χ1n) is 11.8. The Kier molecular flexibility index (Phi) is 5.57. The Morgan fingerprint density at radius 3 is 2.69 bits per heavy atom. The number of aromatic nitrogens is 4. The van der Waals surface area contributed by atoms with Crippen molar-refractivity contribution in [3.05, 3.63) is 47.5 Å². The summed E-state index contributed by atoms with van der Waals surface area (Å²) < 4.78 is 7.48. The molecule has 5 rings (SSSR count). The molecule has 2 aromatic heterocycles. The number of rotatable bonds is 4. The molecule has 32 heavy (non-hydrogen) atoms. The highest BCUT2D eigenvalue weighted by Gasteiger charge is 2.36. The number of likely N-dealkylation sites (tertiary alicyclic amines) is 1. The number of amides is 1. The van der Waals surface area contributed by atoms with Crippen LogP contribution in [0.15, 0.2) is 34.7 Å². The van der Waals surface area contributed by atoms with Crippen molar-refractivity contribution in [1.29, 1.82) is 0 Å². The van der Waals surface area contributed by atoms with E-state index < -0.39 is 0 Å². The van der Waals surface area contributed by atoms with Crippen LogP contribution >= 0.6 is 0 Å². The molecule has 168 valence electrons. The maximum atomic E-state index is 13.5. The molecule has 7 nitrogen and oxygen atoms in total. The van der Waals surface area contributed by atoms with Crippen LogP contribution in [-0.4, -0.2) is 43.4 Å². The Morgan fingerprint density at radius 2 is 1.91 bits per heavy atom. The summed E-state index contributed by atoms with van der Waals surface area (Å²) in [6, 6.07) is 10.2. The fraction of sp³-hybridized carbons (Fsp3) is 0.520. The van der Waals surface area contributed by atoms with Crippen molar-refractivity contribution in [1.82, 2.24) is 24.9 Å². The molecule has 2 unspecified atom stereocenters. The molecule has 1 aliphatic carbocycles. The van der Waals surface area contributed by atoms with Crippen LogP contribution in [0.25, 0.3) is 17.3 Å². The van der Waals surface area contributed by atoms with Gasteiger partial charge >= 0.3 is 0 Å². The van der Waals surface area contributed by atoms with Gasteiger partial charge in [0.2, 0.25) is 5.89 Å². The lowest BCUT2D eigenvalue weighted by Crippen LogP contribution is -2.49. The summed E-state index contributed by atoms with van der Waals surface area (Å²) in [6.45, 7) is 6.89. The van der Waals surface area contributed by atoms with Crippen LogP contribution in [0.3, 0.4) is 0 Å². The van der Waals surface area contributed by atoms with E-state index in [1.165, 1.54) is 25.7 Å². The van der Waals surface area contributed by atoms with E-state index in [-0.39, 0.29) is 11.8 Å². The van der Waals surface area contributed by atoms with E-state index >= 15 is 0 Å². The van der Waals surface area contributed by atoms with E-state index in [1.807, 2.05) is 35.0 Å². The van der Waals surface area contributed by atoms with Crippen LogP contribution in [0.1, 0.15) is 80.2 Å². The van der Waals surface area contributed by atoms with Crippen LogP contribution in [0.4, 0.5) is 0 Å². The lowest BCUT2D eigenvalue weighted by Gasteiger charge is -2.44. The van der Waals surface area contributed by atoms with Gasteiger partial charge in [-0.1, -0.05) is 32.8 Å². The summed E-state index contributed by atoms with van der Waals surface area (Å²) in [5.41, 5.74) is 3.28. The van der Waals surface area contributed by atoms with Crippen LogP contribution in [0.2, 0.25) is 0 Å². The third-order valence-electron chi connectivity index (χ3n) is 6.92. The van der Waals surface area contributed by atoms with Crippen molar-refractivity contribution in [2.24, 2.45) is 5.92 Å². The van der Waals surface area contributed by atoms with Crippen LogP contribution in [0, 0.1) is 12.8 Å². The van der Waals surface area contributed by atoms with Crippen molar-refractivity contribution < 1.29 is 9.21 Å². The summed E-state index contributed by atoms with van der Waals surface area (Å²) in [5, 5.41) is 12.8. The molecule has 0 spiro atoms. The largest absolute Gasteiger partial charge is 0.420 e. The van der Waals surface area contributed by atoms with Crippen molar-refractivity contribution >= 4 is 5.91 Å². The zero-order valence-electron chi connectivity index (χ0n) is 19.1. The second-order valence-corrected chi connectivity index (χ2v) is 9.45. The van der Waals surface area contributed by atoms with Gasteiger partial charge < -0.3 is 9.32 Å². The summed E-state index contributed by atoms with van der Waals surface area (Å²) >= 11 is 0. The third-order valence-corrected chi connectivity index (χ3v) is 6.92. The molecule has 1 aromatic carbocycles. The Hall–Kier alpha value is -2.96. The predicted molar refractivity (Wildman–Crippen MR) is 122 cm³/mol. The molecule has 1 saturated heterocycles. The molecule has 0 N–H and O–H groups in total. The molecule has 2 fully saturated rings. The molecular formula is C25H31N5O2. The number of hydrogen-bond donors (Lipinski definition) is 0. The Balaban J connectivity index is 1.47. The van der Waals surface area contributed by atoms with Gasteiger partial charge in [0.25, 0.3) is 11.8 Å². The Labute approximate surface area is 188 Å². The van der Waals surface area contributed by atoms with Crippen molar-refractivity contribution in [2.75, 3.05) is 6.54 Å². The Morgan fingerprint density at radius 1 is 1.09 bits per heavy atom. The number of piperidine rings is 1. The van der Waals surface area contributed by atoms with Gasteiger partial charge in [-0.05, 0) is 61.8 Å². The molecule has 1 amide bonds. The first-order chi connectivity index (χ1) is 15.5. The highest BCUT2D eigenvalue weighted by atomic mass is 16.4. The SMILES string of the molecule is Cc1nnc(-c2cc(C(C)C)n(-c3cccc(C(=O)N4CCCC5CCCCC54)c3)n2)o1. The normalized spacial score (nSPS) is 21.1. The van der Waals surface area contributed by atoms with E-state index in [0.717, 1.165) is 36.3 Å². The summed E-state index contributed by atoms with van der Waals surface area (Å²) in [5.74, 6) is 1.98. The lowest BCUT2D eigenvalue weighted by molar-refractivity contribution is 0.0390. The van der Waals surface area contributed by atoms with Gasteiger partial charge in [0.15, 0.2) is 0 Å². The molecule has 7 heteroatoms. The van der Waals surface area contributed by atoms with Gasteiger partial charge in [-0.25, -0.2) is 4.68 Å². The van der Waals surface area contributed by atoms with E-state index in [2.05, 4.69) is 28.9 Å². The zero-order chi connectivity index (χ0) is 22.2. The maximum Gasteiger partial charge on any atom is 0.268 e. The number of carbonyl (C=O) groups excluding carboxylic acids is 1. The molecule has 2 aliphatic rings. The van der Waals surface area contributed by atoms with Crippen LogP contribution in [0.5, 0.6) is 0 Å². The summed E-state index contributed by atoms with van der Waals surface area (Å²) in [7, 11) is 0. The Bertz CT molecular complexity index is 1110. The van der Waals surface area contributed by atoms with Gasteiger partial charge in [0.05, 0.1) is 5.69 Å². The minimum absolute atomic E-state index is 0.148. The quantitative estimate of drug-likeness (QED) is 0.569. The second-order valence-electron chi connectivity index (χ2n) is 9.45. The molecule has 1 aliphatic heterocycles. The fourth-order valence-corrected chi connectivity index (χ4v) is 5.33. The van der Waals surface area contributed by atoms with Crippen molar-refractivity contribution in [3.63, 3.8) is 0 Å². The van der Waals surface area contributed by atoms with Gasteiger partial charge in [0, 0.05) is 30.8 Å². The molecule has 1 saturated carbocycles. The molecule has 0 radical (unpaired) electrons. The molecule has 0 bridgehead atoms. The fourth-order valence-electron chi connectivity index (χ4n) is 5.33. The summed E-state index contributed by atoms with van der Waals surface area (Å²) in [4.78, 5) is 15.7. The molecule has 3 aromatic rings. The minimum Gasteiger partial charge on any atom is -0.420 e. The van der Waals surface area contributed by atoms with Crippen molar-refractivity contribution in [3.8, 4) is 17.3 Å². The van der Waals surface area contributed by atoms with E-state index in [1.54, 1.807) is 6.92 Å². The zero-order valence-corrected chi connectivity index (χ0v) is 19.1. The number of benzene rings is 1. The number of nitrogens with zero attached hydrogens (tertiary/aromatic N) is 5. The molecule has 3 heterocycles. The average Bonchev–Trinajstić information content (AvgIpc) is 3.45. The lowest BCUT2D eigenvalue weighted by atomic mass is 9.78. The molecular weight excluding hydrogens is 402 g/mol. The predicted octanol–water partition coefficient (Wildman–Crippen LogP) is 5.15. The van der Waals surface area contributed by atoms with E-state index in [0.29, 0.717) is 29.4 Å². The number of hydrogen-bond acceptors (Lipinski definition) is 5. The van der Waals surface area contributed by atoms with Crippen LogP contribution in [-0.2, 0) is 0 Å². The van der Waals surface area contributed by atoms with Gasteiger partial charge in [-0.3, -0.25) is 4.79 Å². The highest BCUT2D eigenvalue weighted by molar-refractivity contribution is 5.95. The first kappa shape index (κ1) is 20.9. The van der Waals surface area contributed by atoms with Gasteiger partial charge in [-0.2, -0.15) is 5.10 Å². The second kappa shape index (κ2) is 8.52. The van der Waals surface area contributed by atoms with Crippen LogP contribution < -0.4 is 0 Å². The third kappa shape index (κ3) is 3.85. The minimum atomic E-state index is 0.148. The van der Waals surface area contributed by atoms with Gasteiger partial charge in [0.1, 0.15) is 5.69 Å². The van der Waals surface area contributed by atoms with Crippen molar-refractivity contribution in [2.45, 2.75) is 71.3 Å². The standard InChI is InChI=1S/C25H31N5O2/c1-16(2)23-15-21(24-27-26-17(3)32-24)28-30(23)20-11-6-9-19(14-20)25(31)29-13-7-10-18-8-4-5-12-22(18)29/h6,9,11,14-16,18,22H,4-5,7-8,10,12-13H2,1-3H3. The monoisotopic (exact) mass is 433 g/mol. The number of fused-ring (bicyclic) bond motifs is 1. The summed E-state index contributed by atoms with van der Waals surface area (Å²) in [6.07, 6.45) is 7.30. The molecule has 2 atom stereocenters. The number of aryl methyl sites for hydroxylation is 1.